The zero-order valence-corrected chi connectivity index (χ0v) is 15.7. The summed E-state index contributed by atoms with van der Waals surface area (Å²) in [5.41, 5.74) is 1.91. The number of hydrogen-bond donors (Lipinski definition) is 1. The lowest BCUT2D eigenvalue weighted by Gasteiger charge is -2.11. The molecule has 1 heterocycles. The number of amides is 1. The minimum atomic E-state index is -0.352. The average molecular weight is 384 g/mol. The summed E-state index contributed by atoms with van der Waals surface area (Å²) < 4.78 is 10.5. The molecule has 0 saturated carbocycles. The van der Waals surface area contributed by atoms with Crippen LogP contribution in [0.1, 0.15) is 15.9 Å². The second-order valence-corrected chi connectivity index (χ2v) is 5.99. The number of hydrogen-bond acceptors (Lipinski definition) is 5. The Hall–Kier alpha value is -3.12. The number of carbonyl (C=O) groups is 1. The Bertz CT molecular complexity index is 948. The lowest BCUT2D eigenvalue weighted by Crippen LogP contribution is -2.23. The van der Waals surface area contributed by atoms with Gasteiger partial charge in [-0.1, -0.05) is 48.0 Å². The van der Waals surface area contributed by atoms with Crippen molar-refractivity contribution in [3.05, 3.63) is 71.0 Å². The molecule has 1 aromatic heterocycles. The molecule has 0 unspecified atom stereocenters. The van der Waals surface area contributed by atoms with Crippen LogP contribution in [-0.4, -0.2) is 30.1 Å². The fourth-order valence-corrected chi connectivity index (χ4v) is 2.72. The molecule has 0 bridgehead atoms. The van der Waals surface area contributed by atoms with Crippen LogP contribution in [0.25, 0.3) is 11.4 Å². The normalized spacial score (nSPS) is 10.3. The van der Waals surface area contributed by atoms with Crippen molar-refractivity contribution < 1.29 is 14.3 Å². The van der Waals surface area contributed by atoms with Gasteiger partial charge in [-0.3, -0.25) is 4.79 Å². The first kappa shape index (κ1) is 18.7. The molecule has 0 aliphatic rings. The third kappa shape index (κ3) is 4.35. The Kier molecular flexibility index (Phi) is 5.88. The predicted octanol–water partition coefficient (Wildman–Crippen LogP) is 3.74. The molecule has 3 rings (SSSR count). The molecule has 0 atom stereocenters. The summed E-state index contributed by atoms with van der Waals surface area (Å²) in [4.78, 5) is 20.9. The summed E-state index contributed by atoms with van der Waals surface area (Å²) in [6.07, 6.45) is 1.43. The molecule has 0 spiro atoms. The summed E-state index contributed by atoms with van der Waals surface area (Å²) in [5, 5.41) is 2.91. The van der Waals surface area contributed by atoms with E-state index in [-0.39, 0.29) is 16.6 Å². The van der Waals surface area contributed by atoms with E-state index in [2.05, 4.69) is 15.3 Å². The maximum Gasteiger partial charge on any atom is 0.256 e. The van der Waals surface area contributed by atoms with Gasteiger partial charge in [0, 0.05) is 18.3 Å². The number of nitrogens with one attached hydrogen (secondary N) is 1. The number of nitrogens with zero attached hydrogens (tertiary/aromatic N) is 2. The van der Waals surface area contributed by atoms with Crippen LogP contribution >= 0.6 is 11.6 Å². The first-order chi connectivity index (χ1) is 13.1. The van der Waals surface area contributed by atoms with Crippen molar-refractivity contribution in [2.75, 3.05) is 14.2 Å². The Labute approximate surface area is 162 Å². The monoisotopic (exact) mass is 383 g/mol. The maximum atomic E-state index is 12.4. The van der Waals surface area contributed by atoms with Crippen LogP contribution in [0.3, 0.4) is 0 Å². The van der Waals surface area contributed by atoms with Gasteiger partial charge in [-0.25, -0.2) is 9.97 Å². The van der Waals surface area contributed by atoms with Crippen molar-refractivity contribution in [3.8, 4) is 22.9 Å². The molecular formula is C20H18ClN3O3. The molecule has 2 aromatic carbocycles. The van der Waals surface area contributed by atoms with Gasteiger partial charge in [0.05, 0.1) is 19.8 Å². The first-order valence-electron chi connectivity index (χ1n) is 8.19. The van der Waals surface area contributed by atoms with Gasteiger partial charge in [0.25, 0.3) is 5.91 Å². The van der Waals surface area contributed by atoms with Crippen molar-refractivity contribution in [2.45, 2.75) is 6.54 Å². The van der Waals surface area contributed by atoms with Crippen LogP contribution in [0.4, 0.5) is 0 Å². The van der Waals surface area contributed by atoms with Crippen LogP contribution in [0.15, 0.2) is 54.7 Å². The van der Waals surface area contributed by atoms with Gasteiger partial charge in [0.2, 0.25) is 0 Å². The molecular weight excluding hydrogens is 366 g/mol. The molecule has 0 aliphatic heterocycles. The fraction of sp³-hybridized carbons (Fsp3) is 0.150. The van der Waals surface area contributed by atoms with Gasteiger partial charge >= 0.3 is 0 Å². The van der Waals surface area contributed by atoms with E-state index < -0.39 is 0 Å². The van der Waals surface area contributed by atoms with Crippen LogP contribution in [0, 0.1) is 0 Å². The zero-order chi connectivity index (χ0) is 19.2. The highest BCUT2D eigenvalue weighted by Crippen LogP contribution is 2.27. The standard InChI is InChI=1S/C20H18ClN3O3/c1-26-16-9-8-13(10-17(16)27-2)11-23-20(25)15-12-22-19(24-18(15)21)14-6-4-3-5-7-14/h3-10,12H,11H2,1-2H3,(H,23,25). The quantitative estimate of drug-likeness (QED) is 0.656. The Morgan fingerprint density at radius 3 is 2.48 bits per heavy atom. The molecule has 0 aliphatic carbocycles. The van der Waals surface area contributed by atoms with Gasteiger partial charge in [-0.05, 0) is 17.7 Å². The number of carbonyl (C=O) groups excluding carboxylic acids is 1. The van der Waals surface area contributed by atoms with E-state index in [1.165, 1.54) is 6.20 Å². The number of ether oxygens (including phenoxy) is 2. The fourth-order valence-electron chi connectivity index (χ4n) is 2.51. The van der Waals surface area contributed by atoms with Crippen molar-refractivity contribution in [1.29, 1.82) is 0 Å². The summed E-state index contributed by atoms with van der Waals surface area (Å²) >= 11 is 6.19. The lowest BCUT2D eigenvalue weighted by molar-refractivity contribution is 0.0950. The highest BCUT2D eigenvalue weighted by atomic mass is 35.5. The number of methoxy groups -OCH3 is 2. The second kappa shape index (κ2) is 8.51. The predicted molar refractivity (Wildman–Crippen MR) is 103 cm³/mol. The van der Waals surface area contributed by atoms with E-state index in [1.807, 2.05) is 36.4 Å². The molecule has 27 heavy (non-hydrogen) atoms. The summed E-state index contributed by atoms with van der Waals surface area (Å²) in [5.74, 6) is 1.34. The van der Waals surface area contributed by atoms with Crippen molar-refractivity contribution in [3.63, 3.8) is 0 Å². The van der Waals surface area contributed by atoms with Gasteiger partial charge in [0.15, 0.2) is 17.3 Å². The molecule has 6 nitrogen and oxygen atoms in total. The minimum absolute atomic E-state index is 0.105. The molecule has 0 saturated heterocycles. The number of benzene rings is 2. The minimum Gasteiger partial charge on any atom is -0.493 e. The molecule has 1 amide bonds. The Morgan fingerprint density at radius 2 is 1.81 bits per heavy atom. The third-order valence-electron chi connectivity index (χ3n) is 3.92. The van der Waals surface area contributed by atoms with Gasteiger partial charge in [-0.15, -0.1) is 0 Å². The van der Waals surface area contributed by atoms with Crippen LogP contribution in [-0.2, 0) is 6.54 Å². The zero-order valence-electron chi connectivity index (χ0n) is 14.9. The molecule has 7 heteroatoms. The molecule has 138 valence electrons. The number of aromatic nitrogens is 2. The van der Waals surface area contributed by atoms with E-state index in [4.69, 9.17) is 21.1 Å². The average Bonchev–Trinajstić information content (AvgIpc) is 2.72. The Balaban J connectivity index is 1.71. The summed E-state index contributed by atoms with van der Waals surface area (Å²) in [7, 11) is 3.13. The van der Waals surface area contributed by atoms with Crippen molar-refractivity contribution >= 4 is 17.5 Å². The van der Waals surface area contributed by atoms with Gasteiger partial charge in [-0.2, -0.15) is 0 Å². The molecule has 0 fully saturated rings. The molecule has 0 radical (unpaired) electrons. The molecule has 1 N–H and O–H groups in total. The highest BCUT2D eigenvalue weighted by Gasteiger charge is 2.14. The smallest absolute Gasteiger partial charge is 0.256 e. The second-order valence-electron chi connectivity index (χ2n) is 5.64. The first-order valence-corrected chi connectivity index (χ1v) is 8.57. The van der Waals surface area contributed by atoms with Crippen LogP contribution in [0.2, 0.25) is 5.15 Å². The van der Waals surface area contributed by atoms with Crippen LogP contribution < -0.4 is 14.8 Å². The van der Waals surface area contributed by atoms with E-state index >= 15 is 0 Å². The highest BCUT2D eigenvalue weighted by molar-refractivity contribution is 6.32. The topological polar surface area (TPSA) is 73.3 Å². The van der Waals surface area contributed by atoms with Crippen LogP contribution in [0.5, 0.6) is 11.5 Å². The van der Waals surface area contributed by atoms with E-state index in [0.717, 1.165) is 11.1 Å². The molecule has 3 aromatic rings. The van der Waals surface area contributed by atoms with Crippen molar-refractivity contribution in [2.24, 2.45) is 0 Å². The summed E-state index contributed by atoms with van der Waals surface area (Å²) in [6.45, 7) is 0.302. The maximum absolute atomic E-state index is 12.4. The van der Waals surface area contributed by atoms with E-state index in [0.29, 0.717) is 23.9 Å². The van der Waals surface area contributed by atoms with Gasteiger partial charge < -0.3 is 14.8 Å². The van der Waals surface area contributed by atoms with E-state index in [9.17, 15) is 4.79 Å². The van der Waals surface area contributed by atoms with E-state index in [1.54, 1.807) is 26.4 Å². The largest absolute Gasteiger partial charge is 0.493 e. The van der Waals surface area contributed by atoms with Gasteiger partial charge in [0.1, 0.15) is 5.15 Å². The number of rotatable bonds is 6. The Morgan fingerprint density at radius 1 is 1.07 bits per heavy atom. The summed E-state index contributed by atoms with van der Waals surface area (Å²) in [6, 6.07) is 14.9. The lowest BCUT2D eigenvalue weighted by atomic mass is 10.2. The number of halogens is 1. The SMILES string of the molecule is COc1ccc(CNC(=O)c2cnc(-c3ccccc3)nc2Cl)cc1OC. The van der Waals surface area contributed by atoms with Crippen molar-refractivity contribution in [1.82, 2.24) is 15.3 Å². The third-order valence-corrected chi connectivity index (χ3v) is 4.21.